The fourth-order valence-electron chi connectivity index (χ4n) is 9.00. The molecule has 88 heavy (non-hydrogen) atoms. The number of pyridine rings is 1. The number of fused-ring (bicyclic) bond motifs is 14. The van der Waals surface area contributed by atoms with E-state index >= 15 is 0 Å². The molecule has 448 valence electrons. The molecule has 10 rings (SSSR count). The molecular formula is C59H51N13O10S6. The van der Waals surface area contributed by atoms with E-state index in [1.807, 2.05) is 54.9 Å². The number of primary amides is 1. The van der Waals surface area contributed by atoms with E-state index in [0.717, 1.165) is 39.6 Å². The van der Waals surface area contributed by atoms with Crippen LogP contribution in [0, 0.1) is 5.92 Å². The average molecular weight is 1290 g/mol. The van der Waals surface area contributed by atoms with Crippen molar-refractivity contribution in [2.75, 3.05) is 0 Å². The van der Waals surface area contributed by atoms with Crippen LogP contribution < -0.4 is 32.3 Å². The fraction of sp³-hybridized carbons (Fsp3) is 0.203. The van der Waals surface area contributed by atoms with E-state index < -0.39 is 76.8 Å². The van der Waals surface area contributed by atoms with Gasteiger partial charge in [-0.3, -0.25) is 33.6 Å². The Morgan fingerprint density at radius 2 is 1.23 bits per heavy atom. The number of aromatic nitrogens is 7. The molecule has 1 aliphatic heterocycles. The maximum Gasteiger partial charge on any atom is 0.351 e. The maximum atomic E-state index is 14.8. The number of hydrogen-bond donors (Lipinski definition) is 8. The van der Waals surface area contributed by atoms with E-state index in [2.05, 4.69) is 44.4 Å². The second-order valence-corrected chi connectivity index (χ2v) is 25.3. The van der Waals surface area contributed by atoms with Crippen LogP contribution in [-0.4, -0.2) is 98.3 Å². The van der Waals surface area contributed by atoms with Crippen molar-refractivity contribution < 1.29 is 48.6 Å². The van der Waals surface area contributed by atoms with Gasteiger partial charge in [0, 0.05) is 56.6 Å². The van der Waals surface area contributed by atoms with Crippen LogP contribution in [0.4, 0.5) is 0 Å². The van der Waals surface area contributed by atoms with Crippen molar-refractivity contribution >= 4 is 115 Å². The van der Waals surface area contributed by atoms with Crippen LogP contribution in [0.3, 0.4) is 0 Å². The molecule has 5 atom stereocenters. The molecule has 0 radical (unpaired) electrons. The lowest BCUT2D eigenvalue weighted by Crippen LogP contribution is -2.49. The summed E-state index contributed by atoms with van der Waals surface area (Å²) in [5, 5.41) is 44.6. The van der Waals surface area contributed by atoms with Crippen LogP contribution >= 0.6 is 68.0 Å². The van der Waals surface area contributed by atoms with E-state index in [4.69, 9.17) is 35.8 Å². The van der Waals surface area contributed by atoms with Crippen LogP contribution in [-0.2, 0) is 32.0 Å². The Balaban J connectivity index is 1.03. The van der Waals surface area contributed by atoms with Gasteiger partial charge in [0.1, 0.15) is 82.4 Å². The molecule has 0 saturated carbocycles. The number of phenols is 1. The van der Waals surface area contributed by atoms with Gasteiger partial charge in [-0.15, -0.1) is 68.0 Å². The molecule has 0 aliphatic carbocycles. The van der Waals surface area contributed by atoms with Crippen molar-refractivity contribution in [1.29, 1.82) is 0 Å². The highest BCUT2D eigenvalue weighted by atomic mass is 32.1. The molecule has 0 spiro atoms. The van der Waals surface area contributed by atoms with Crippen molar-refractivity contribution in [2.45, 2.75) is 70.0 Å². The van der Waals surface area contributed by atoms with Gasteiger partial charge < -0.3 is 42.5 Å². The van der Waals surface area contributed by atoms with Crippen molar-refractivity contribution in [3.8, 4) is 49.1 Å². The highest BCUT2D eigenvalue weighted by Gasteiger charge is 2.32. The van der Waals surface area contributed by atoms with Gasteiger partial charge in [0.05, 0.1) is 34.9 Å². The van der Waals surface area contributed by atoms with E-state index in [1.165, 1.54) is 56.9 Å². The normalized spacial score (nSPS) is 16.7. The Morgan fingerprint density at radius 1 is 0.625 bits per heavy atom. The Morgan fingerprint density at radius 3 is 1.97 bits per heavy atom. The minimum atomic E-state index is -1.48. The standard InChI is InChI=1S/C59H51N13O10S6/c1-5-27(2)46-58-71-43(26-88-58)57-67-39(22-86-57)47-34(15-16-35(63-47)55-70-40(25-87-55)50(78)61-28(3)48(76)62-29(4)59(81)82)54-69-42(24-84-54)52(80)65-37(20-45(60)75)56-66-38(21-85-56)44(74)19-32(17-30-9-7-6-8-10-30)53-68-41(23-83-53)51(79)64-36(49(77)72-46)18-31-11-13-33(73)14-12-31/h6-16,21-27,32,36-37,46,73H,3-5,17-20H2,1-2H3,(H2,60,75)(H,61,78)(H,62,76)(H,64,79)(H,65,80)(H,72,77)(H,81,82). The van der Waals surface area contributed by atoms with Crippen molar-refractivity contribution in [2.24, 2.45) is 11.7 Å². The molecule has 9 N–H and O–H groups in total. The molecule has 2 aromatic carbocycles. The molecule has 1 aliphatic rings. The molecule has 7 aromatic heterocycles. The van der Waals surface area contributed by atoms with Crippen molar-refractivity contribution in [3.05, 3.63) is 172 Å². The van der Waals surface area contributed by atoms with Crippen LogP contribution in [0.15, 0.2) is 124 Å². The lowest BCUT2D eigenvalue weighted by molar-refractivity contribution is -0.134. The molecule has 10 bridgehead atoms. The summed E-state index contributed by atoms with van der Waals surface area (Å²) in [6, 6.07) is 16.3. The van der Waals surface area contributed by atoms with Gasteiger partial charge in [-0.05, 0) is 47.7 Å². The summed E-state index contributed by atoms with van der Waals surface area (Å²) in [7, 11) is 0. The van der Waals surface area contributed by atoms with E-state index in [1.54, 1.807) is 40.4 Å². The number of ketones is 1. The van der Waals surface area contributed by atoms with Crippen LogP contribution in [0.25, 0.3) is 43.4 Å². The molecule has 0 fully saturated rings. The fourth-order valence-corrected chi connectivity index (χ4v) is 14.2. The predicted molar refractivity (Wildman–Crippen MR) is 334 cm³/mol. The van der Waals surface area contributed by atoms with Crippen LogP contribution in [0.2, 0.25) is 0 Å². The summed E-state index contributed by atoms with van der Waals surface area (Å²) in [4.78, 5) is 141. The number of carbonyl (C=O) groups excluding carboxylic acids is 7. The van der Waals surface area contributed by atoms with E-state index in [0.29, 0.717) is 66.8 Å². The summed E-state index contributed by atoms with van der Waals surface area (Å²) in [5.74, 6) is -6.88. The van der Waals surface area contributed by atoms with Gasteiger partial charge in [-0.2, -0.15) is 0 Å². The monoisotopic (exact) mass is 1290 g/mol. The zero-order valence-electron chi connectivity index (χ0n) is 46.5. The molecular weight excluding hydrogens is 1240 g/mol. The first-order valence-electron chi connectivity index (χ1n) is 26.8. The molecule has 5 unspecified atom stereocenters. The number of rotatable bonds is 14. The third kappa shape index (κ3) is 14.5. The number of carboxylic acid groups (broad SMARTS) is 1. The highest BCUT2D eigenvalue weighted by Crippen LogP contribution is 2.39. The molecule has 0 saturated heterocycles. The molecule has 9 aromatic rings. The summed E-state index contributed by atoms with van der Waals surface area (Å²) in [5.41, 5.74) is 8.06. The Labute approximate surface area is 525 Å². The first kappa shape index (κ1) is 61.7. The summed E-state index contributed by atoms with van der Waals surface area (Å²) >= 11 is 7.03. The topological polar surface area (TPSA) is 353 Å². The van der Waals surface area contributed by atoms with Gasteiger partial charge in [0.2, 0.25) is 11.8 Å². The Hall–Kier alpha value is -9.39. The number of amides is 6. The second-order valence-electron chi connectivity index (χ2n) is 20.1. The Kier molecular flexibility index (Phi) is 19.0. The maximum absolute atomic E-state index is 14.8. The third-order valence-corrected chi connectivity index (χ3v) is 19.3. The van der Waals surface area contributed by atoms with Crippen molar-refractivity contribution in [3.63, 3.8) is 0 Å². The number of phenolic OH excluding ortho intramolecular Hbond substituents is 1. The number of hydrogen-bond acceptors (Lipinski definition) is 22. The minimum absolute atomic E-state index is 0.0247. The molecule has 29 heteroatoms. The molecule has 6 amide bonds. The zero-order chi connectivity index (χ0) is 62.3. The summed E-state index contributed by atoms with van der Waals surface area (Å²) < 4.78 is 0. The predicted octanol–water partition coefficient (Wildman–Crippen LogP) is 8.66. The third-order valence-electron chi connectivity index (χ3n) is 13.8. The lowest BCUT2D eigenvalue weighted by Gasteiger charge is -2.26. The SMILES string of the molecule is C=C(NC(=O)C(=C)NC(=O)c1csc(-c2ccc3c(n2)-c2csc(n2)-c2csc(n2)C(C(C)CC)NC(=O)C(Cc2ccc(O)cc2)NC(=O)c2csc(n2)C(Cc2ccccc2)CC(=O)c2csc(n2)C(CC(N)=O)NC(=O)c2csc-3n2)n1)C(=O)O. The van der Waals surface area contributed by atoms with Gasteiger partial charge >= 0.3 is 5.97 Å². The number of benzene rings is 2. The number of aliphatic carboxylic acids is 1. The number of thiazole rings is 6. The summed E-state index contributed by atoms with van der Waals surface area (Å²) in [6.07, 6.45) is 0.595. The van der Waals surface area contributed by atoms with E-state index in [9.17, 15) is 43.5 Å². The first-order valence-corrected chi connectivity index (χ1v) is 32.1. The molecule has 8 heterocycles. The number of nitrogens with zero attached hydrogens (tertiary/aromatic N) is 7. The first-order chi connectivity index (χ1) is 42.3. The van der Waals surface area contributed by atoms with Crippen LogP contribution in [0.1, 0.15) is 119 Å². The number of Topliss-reactive ketones (excluding diaryl/α,β-unsaturated/α-hetero) is 1. The largest absolute Gasteiger partial charge is 0.508 e. The second kappa shape index (κ2) is 27.1. The number of carboxylic acids is 1. The lowest BCUT2D eigenvalue weighted by atomic mass is 9.94. The highest BCUT2D eigenvalue weighted by molar-refractivity contribution is 7.15. The number of aromatic hydroxyl groups is 1. The zero-order valence-corrected chi connectivity index (χ0v) is 51.4. The van der Waals surface area contributed by atoms with E-state index in [-0.39, 0.29) is 69.5 Å². The van der Waals surface area contributed by atoms with Gasteiger partial charge in [-0.25, -0.2) is 39.7 Å². The van der Waals surface area contributed by atoms with Crippen molar-refractivity contribution in [1.82, 2.24) is 61.5 Å². The minimum Gasteiger partial charge on any atom is -0.508 e. The van der Waals surface area contributed by atoms with Crippen LogP contribution in [0.5, 0.6) is 5.75 Å². The summed E-state index contributed by atoms with van der Waals surface area (Å²) in [6.45, 7) is 10.7. The Bertz CT molecular complexity index is 4190. The molecule has 23 nitrogen and oxygen atoms in total. The van der Waals surface area contributed by atoms with Gasteiger partial charge in [0.25, 0.3) is 23.6 Å². The number of carbonyl (C=O) groups is 8. The smallest absolute Gasteiger partial charge is 0.351 e. The number of nitrogens with one attached hydrogen (secondary N) is 5. The number of nitrogens with two attached hydrogens (primary N) is 1. The average Bonchev–Trinajstić information content (AvgIpc) is 2.80. The van der Waals surface area contributed by atoms with Gasteiger partial charge in [-0.1, -0.05) is 75.9 Å². The quantitative estimate of drug-likeness (QED) is 0.0472. The van der Waals surface area contributed by atoms with Gasteiger partial charge in [0.15, 0.2) is 5.78 Å².